The Kier molecular flexibility index (Phi) is 3.73. The molecule has 1 unspecified atom stereocenters. The number of carbonyl (C=O) groups is 2. The van der Waals surface area contributed by atoms with E-state index in [0.29, 0.717) is 12.8 Å². The van der Waals surface area contributed by atoms with E-state index in [-0.39, 0.29) is 17.1 Å². The molecule has 1 atom stereocenters. The van der Waals surface area contributed by atoms with Crippen molar-refractivity contribution >= 4 is 11.6 Å². The first kappa shape index (κ1) is 13.8. The minimum absolute atomic E-state index is 0.101. The second-order valence-corrected chi connectivity index (χ2v) is 4.70. The molecule has 1 saturated carbocycles. The fraction of sp³-hybridized carbons (Fsp3) is 0.429. The van der Waals surface area contributed by atoms with E-state index in [1.807, 2.05) is 0 Å². The van der Waals surface area contributed by atoms with Crippen LogP contribution in [0.25, 0.3) is 0 Å². The first-order valence-corrected chi connectivity index (χ1v) is 6.14. The van der Waals surface area contributed by atoms with E-state index in [4.69, 9.17) is 0 Å². The zero-order chi connectivity index (χ0) is 14.0. The minimum atomic E-state index is -4.41. The molecule has 1 aromatic rings. The molecule has 19 heavy (non-hydrogen) atoms. The predicted molar refractivity (Wildman–Crippen MR) is 62.7 cm³/mol. The van der Waals surface area contributed by atoms with Crippen LogP contribution in [0.5, 0.6) is 0 Å². The van der Waals surface area contributed by atoms with E-state index >= 15 is 0 Å². The van der Waals surface area contributed by atoms with Gasteiger partial charge in [0.25, 0.3) is 0 Å². The largest absolute Gasteiger partial charge is 0.416 e. The lowest BCUT2D eigenvalue weighted by Gasteiger charge is -2.19. The molecule has 0 N–H and O–H groups in total. The van der Waals surface area contributed by atoms with Gasteiger partial charge in [-0.25, -0.2) is 0 Å². The van der Waals surface area contributed by atoms with Crippen LogP contribution in [0.3, 0.4) is 0 Å². The monoisotopic (exact) mass is 270 g/mol. The molecule has 0 aliphatic heterocycles. The van der Waals surface area contributed by atoms with E-state index in [0.717, 1.165) is 37.1 Å². The first-order chi connectivity index (χ1) is 8.89. The molecule has 1 aliphatic rings. The molecule has 1 fully saturated rings. The molecular weight excluding hydrogens is 257 g/mol. The summed E-state index contributed by atoms with van der Waals surface area (Å²) in [6, 6.07) is 4.04. The summed E-state index contributed by atoms with van der Waals surface area (Å²) < 4.78 is 37.2. The van der Waals surface area contributed by atoms with Crippen molar-refractivity contribution in [1.82, 2.24) is 0 Å². The highest BCUT2D eigenvalue weighted by Crippen LogP contribution is 2.30. The molecule has 0 amide bonds. The third-order valence-corrected chi connectivity index (χ3v) is 3.37. The maximum atomic E-state index is 12.4. The Hall–Kier alpha value is -1.65. The summed E-state index contributed by atoms with van der Waals surface area (Å²) in [5.74, 6) is -1.14. The highest BCUT2D eigenvalue weighted by atomic mass is 19.4. The van der Waals surface area contributed by atoms with Crippen molar-refractivity contribution in [1.29, 1.82) is 0 Å². The molecule has 5 heteroatoms. The molecular formula is C14H13F3O2. The Labute approximate surface area is 108 Å². The Bertz CT molecular complexity index is 488. The van der Waals surface area contributed by atoms with Gasteiger partial charge in [-0.05, 0) is 25.0 Å². The van der Waals surface area contributed by atoms with Gasteiger partial charge in [0.05, 0.1) is 11.5 Å². The third kappa shape index (κ3) is 3.03. The van der Waals surface area contributed by atoms with Gasteiger partial charge in [-0.3, -0.25) is 9.59 Å². The number of carbonyl (C=O) groups excluding carboxylic acids is 2. The Morgan fingerprint density at radius 1 is 1.11 bits per heavy atom. The lowest BCUT2D eigenvalue weighted by molar-refractivity contribution is -0.137. The van der Waals surface area contributed by atoms with Crippen molar-refractivity contribution in [2.75, 3.05) is 0 Å². The van der Waals surface area contributed by atoms with Crippen LogP contribution in [0.2, 0.25) is 0 Å². The molecule has 1 aliphatic carbocycles. The zero-order valence-electron chi connectivity index (χ0n) is 10.2. The second-order valence-electron chi connectivity index (χ2n) is 4.70. The molecule has 102 valence electrons. The summed E-state index contributed by atoms with van der Waals surface area (Å²) >= 11 is 0. The van der Waals surface area contributed by atoms with E-state index < -0.39 is 17.7 Å². The quantitative estimate of drug-likeness (QED) is 0.607. The third-order valence-electron chi connectivity index (χ3n) is 3.37. The molecule has 0 radical (unpaired) electrons. The van der Waals surface area contributed by atoms with Gasteiger partial charge in [0, 0.05) is 12.0 Å². The van der Waals surface area contributed by atoms with E-state index in [1.54, 1.807) is 0 Å². The normalized spacial score (nSPS) is 20.4. The number of ketones is 2. The molecule has 0 aromatic heterocycles. The summed E-state index contributed by atoms with van der Waals surface area (Å²) in [7, 11) is 0. The van der Waals surface area contributed by atoms with Crippen LogP contribution in [0.1, 0.15) is 41.6 Å². The van der Waals surface area contributed by atoms with Gasteiger partial charge in [-0.15, -0.1) is 0 Å². The van der Waals surface area contributed by atoms with Crippen molar-refractivity contribution in [3.05, 3.63) is 35.4 Å². The zero-order valence-corrected chi connectivity index (χ0v) is 10.2. The maximum absolute atomic E-state index is 12.4. The van der Waals surface area contributed by atoms with Crippen LogP contribution >= 0.6 is 0 Å². The van der Waals surface area contributed by atoms with Gasteiger partial charge in [0.1, 0.15) is 5.78 Å². The minimum Gasteiger partial charge on any atom is -0.299 e. The van der Waals surface area contributed by atoms with Crippen molar-refractivity contribution in [2.45, 2.75) is 31.9 Å². The van der Waals surface area contributed by atoms with Crippen molar-refractivity contribution in [3.8, 4) is 0 Å². The highest BCUT2D eigenvalue weighted by molar-refractivity contribution is 6.10. The highest BCUT2D eigenvalue weighted by Gasteiger charge is 2.32. The summed E-state index contributed by atoms with van der Waals surface area (Å²) in [4.78, 5) is 23.7. The van der Waals surface area contributed by atoms with E-state index in [1.165, 1.54) is 0 Å². The molecule has 2 nitrogen and oxygen atoms in total. The van der Waals surface area contributed by atoms with Gasteiger partial charge >= 0.3 is 6.18 Å². The molecule has 0 spiro atoms. The number of rotatable bonds is 2. The average molecular weight is 270 g/mol. The summed E-state index contributed by atoms with van der Waals surface area (Å²) in [6.45, 7) is 0. The van der Waals surface area contributed by atoms with Gasteiger partial charge in [0.2, 0.25) is 0 Å². The fourth-order valence-electron chi connectivity index (χ4n) is 2.28. The lowest BCUT2D eigenvalue weighted by atomic mass is 9.82. The molecule has 0 saturated heterocycles. The van der Waals surface area contributed by atoms with Crippen LogP contribution in [0.15, 0.2) is 24.3 Å². The number of hydrogen-bond donors (Lipinski definition) is 0. The van der Waals surface area contributed by atoms with Crippen LogP contribution in [0, 0.1) is 5.92 Å². The Morgan fingerprint density at radius 2 is 1.74 bits per heavy atom. The van der Waals surface area contributed by atoms with Gasteiger partial charge < -0.3 is 0 Å². The van der Waals surface area contributed by atoms with E-state index in [2.05, 4.69) is 0 Å². The first-order valence-electron chi connectivity index (χ1n) is 6.14. The number of alkyl halides is 3. The molecule has 0 heterocycles. The second kappa shape index (κ2) is 5.15. The summed E-state index contributed by atoms with van der Waals surface area (Å²) in [5.41, 5.74) is -0.618. The van der Waals surface area contributed by atoms with Gasteiger partial charge in [-0.1, -0.05) is 18.6 Å². The van der Waals surface area contributed by atoms with Crippen molar-refractivity contribution < 1.29 is 22.8 Å². The molecule has 2 rings (SSSR count). The molecule has 0 bridgehead atoms. The van der Waals surface area contributed by atoms with Crippen molar-refractivity contribution in [3.63, 3.8) is 0 Å². The summed E-state index contributed by atoms with van der Waals surface area (Å²) in [6.07, 6.45) is -1.93. The van der Waals surface area contributed by atoms with Crippen LogP contribution in [0.4, 0.5) is 13.2 Å². The number of hydrogen-bond acceptors (Lipinski definition) is 2. The predicted octanol–water partition coefficient (Wildman–Crippen LogP) is 3.65. The average Bonchev–Trinajstić information content (AvgIpc) is 2.38. The Balaban J connectivity index is 2.18. The number of benzene rings is 1. The SMILES string of the molecule is O=C1CCCCC1C(=O)c1ccc(C(F)(F)F)cc1. The van der Waals surface area contributed by atoms with Crippen LogP contribution in [-0.2, 0) is 11.0 Å². The Morgan fingerprint density at radius 3 is 2.26 bits per heavy atom. The number of halogens is 3. The van der Waals surface area contributed by atoms with Crippen LogP contribution < -0.4 is 0 Å². The standard InChI is InChI=1S/C14H13F3O2/c15-14(16,17)10-7-5-9(6-8-10)13(19)11-3-1-2-4-12(11)18/h5-8,11H,1-4H2. The smallest absolute Gasteiger partial charge is 0.299 e. The topological polar surface area (TPSA) is 34.1 Å². The van der Waals surface area contributed by atoms with E-state index in [9.17, 15) is 22.8 Å². The van der Waals surface area contributed by atoms with Crippen molar-refractivity contribution in [2.24, 2.45) is 5.92 Å². The van der Waals surface area contributed by atoms with Crippen LogP contribution in [-0.4, -0.2) is 11.6 Å². The lowest BCUT2D eigenvalue weighted by Crippen LogP contribution is -2.27. The fourth-order valence-corrected chi connectivity index (χ4v) is 2.28. The maximum Gasteiger partial charge on any atom is 0.416 e. The molecule has 1 aromatic carbocycles. The van der Waals surface area contributed by atoms with Gasteiger partial charge in [-0.2, -0.15) is 13.2 Å². The number of Topliss-reactive ketones (excluding diaryl/α,β-unsaturated/α-hetero) is 2. The summed E-state index contributed by atoms with van der Waals surface area (Å²) in [5, 5.41) is 0. The van der Waals surface area contributed by atoms with Gasteiger partial charge in [0.15, 0.2) is 5.78 Å².